The first-order valence-corrected chi connectivity index (χ1v) is 3.51. The van der Waals surface area contributed by atoms with Crippen LogP contribution >= 0.6 is 0 Å². The first-order valence-electron chi connectivity index (χ1n) is 3.51. The zero-order chi connectivity index (χ0) is 7.98. The summed E-state index contributed by atoms with van der Waals surface area (Å²) in [6.07, 6.45) is 3.38. The highest BCUT2D eigenvalue weighted by Gasteiger charge is 1.94. The Labute approximate surface area is 62.2 Å². The maximum atomic E-state index is 7.31. The van der Waals surface area contributed by atoms with Crippen molar-refractivity contribution in [3.05, 3.63) is 12.3 Å². The molecule has 0 aliphatic heterocycles. The van der Waals surface area contributed by atoms with Gasteiger partial charge in [0.05, 0.1) is 11.4 Å². The lowest BCUT2D eigenvalue weighted by Gasteiger charge is -1.96. The van der Waals surface area contributed by atoms with Crippen molar-refractivity contribution in [2.75, 3.05) is 0 Å². The standard InChI is InChI=1S/C8H14N2/c1-4-6-10-7(3)8(9)5-2/h6,9H,3-5H2,1-2H3/b9-8?,10-6-. The molecule has 0 radical (unpaired) electrons. The van der Waals surface area contributed by atoms with Gasteiger partial charge in [0.25, 0.3) is 0 Å². The third-order valence-corrected chi connectivity index (χ3v) is 1.13. The van der Waals surface area contributed by atoms with Crippen LogP contribution < -0.4 is 0 Å². The fourth-order valence-corrected chi connectivity index (χ4v) is 0.483. The van der Waals surface area contributed by atoms with Crippen LogP contribution in [0.1, 0.15) is 26.7 Å². The van der Waals surface area contributed by atoms with Gasteiger partial charge in [0.2, 0.25) is 0 Å². The van der Waals surface area contributed by atoms with Crippen LogP contribution in [0.3, 0.4) is 0 Å². The molecule has 1 N–H and O–H groups in total. The molecule has 0 aromatic heterocycles. The Morgan fingerprint density at radius 3 is 2.60 bits per heavy atom. The molecule has 0 unspecified atom stereocenters. The van der Waals surface area contributed by atoms with Gasteiger partial charge in [-0.1, -0.05) is 20.4 Å². The highest BCUT2D eigenvalue weighted by atomic mass is 14.7. The highest BCUT2D eigenvalue weighted by molar-refractivity contribution is 5.97. The van der Waals surface area contributed by atoms with E-state index in [1.165, 1.54) is 0 Å². The van der Waals surface area contributed by atoms with E-state index in [1.807, 2.05) is 13.8 Å². The largest absolute Gasteiger partial charge is 0.303 e. The molecule has 0 aromatic rings. The molecule has 0 heterocycles. The van der Waals surface area contributed by atoms with Gasteiger partial charge in [-0.05, 0) is 12.8 Å². The summed E-state index contributed by atoms with van der Waals surface area (Å²) in [6.45, 7) is 7.57. The van der Waals surface area contributed by atoms with Gasteiger partial charge in [0.15, 0.2) is 0 Å². The second-order valence-corrected chi connectivity index (χ2v) is 2.00. The van der Waals surface area contributed by atoms with E-state index in [1.54, 1.807) is 6.21 Å². The van der Waals surface area contributed by atoms with Crippen molar-refractivity contribution in [3.8, 4) is 0 Å². The van der Waals surface area contributed by atoms with E-state index in [9.17, 15) is 0 Å². The molecule has 0 aliphatic carbocycles. The molecule has 10 heavy (non-hydrogen) atoms. The summed E-state index contributed by atoms with van der Waals surface area (Å²) < 4.78 is 0. The van der Waals surface area contributed by atoms with E-state index in [-0.39, 0.29) is 0 Å². The van der Waals surface area contributed by atoms with Crippen LogP contribution in [0.4, 0.5) is 0 Å². The lowest BCUT2D eigenvalue weighted by molar-refractivity contribution is 1.21. The Hall–Kier alpha value is -0.920. The van der Waals surface area contributed by atoms with Crippen molar-refractivity contribution in [2.24, 2.45) is 4.99 Å². The number of nitrogens with zero attached hydrogens (tertiary/aromatic N) is 1. The molecule has 2 nitrogen and oxygen atoms in total. The summed E-state index contributed by atoms with van der Waals surface area (Å²) in [5, 5.41) is 7.31. The Balaban J connectivity index is 3.85. The maximum absolute atomic E-state index is 7.31. The number of nitrogens with one attached hydrogen (secondary N) is 1. The monoisotopic (exact) mass is 138 g/mol. The summed E-state index contributed by atoms with van der Waals surface area (Å²) in [7, 11) is 0. The molecule has 0 fully saturated rings. The Bertz CT molecular complexity index is 157. The van der Waals surface area contributed by atoms with Gasteiger partial charge >= 0.3 is 0 Å². The maximum Gasteiger partial charge on any atom is 0.0761 e. The van der Waals surface area contributed by atoms with Crippen LogP contribution in [0.5, 0.6) is 0 Å². The predicted molar refractivity (Wildman–Crippen MR) is 45.9 cm³/mol. The molecule has 0 bridgehead atoms. The zero-order valence-corrected chi connectivity index (χ0v) is 6.65. The van der Waals surface area contributed by atoms with Gasteiger partial charge in [-0.3, -0.25) is 4.99 Å². The minimum Gasteiger partial charge on any atom is -0.303 e. The summed E-state index contributed by atoms with van der Waals surface area (Å²) in [6, 6.07) is 0. The van der Waals surface area contributed by atoms with Gasteiger partial charge < -0.3 is 5.41 Å². The lowest BCUT2D eigenvalue weighted by Crippen LogP contribution is -1.94. The number of allylic oxidation sites excluding steroid dienone is 1. The Morgan fingerprint density at radius 1 is 1.60 bits per heavy atom. The van der Waals surface area contributed by atoms with Gasteiger partial charge in [-0.15, -0.1) is 0 Å². The third kappa shape index (κ3) is 3.17. The molecule has 0 aliphatic rings. The average molecular weight is 138 g/mol. The fourth-order valence-electron chi connectivity index (χ4n) is 0.483. The lowest BCUT2D eigenvalue weighted by atomic mass is 10.2. The van der Waals surface area contributed by atoms with Crippen LogP contribution in [-0.2, 0) is 0 Å². The summed E-state index contributed by atoms with van der Waals surface area (Å²) in [5.41, 5.74) is 1.11. The van der Waals surface area contributed by atoms with Crippen molar-refractivity contribution < 1.29 is 0 Å². The molecule has 0 saturated carbocycles. The Morgan fingerprint density at radius 2 is 2.20 bits per heavy atom. The molecule has 0 amide bonds. The quantitative estimate of drug-likeness (QED) is 0.579. The molecule has 0 atom stereocenters. The van der Waals surface area contributed by atoms with Crippen LogP contribution in [0, 0.1) is 5.41 Å². The molecular weight excluding hydrogens is 124 g/mol. The second-order valence-electron chi connectivity index (χ2n) is 2.00. The van der Waals surface area contributed by atoms with E-state index in [0.29, 0.717) is 17.8 Å². The first-order chi connectivity index (χ1) is 4.72. The minimum absolute atomic E-state index is 0.518. The molecule has 2 heteroatoms. The van der Waals surface area contributed by atoms with E-state index < -0.39 is 0 Å². The van der Waals surface area contributed by atoms with Crippen LogP contribution in [0.25, 0.3) is 0 Å². The van der Waals surface area contributed by atoms with Crippen molar-refractivity contribution in [1.29, 1.82) is 5.41 Å². The smallest absolute Gasteiger partial charge is 0.0761 e. The van der Waals surface area contributed by atoms with Crippen molar-refractivity contribution >= 4 is 11.9 Å². The topological polar surface area (TPSA) is 36.2 Å². The van der Waals surface area contributed by atoms with Gasteiger partial charge in [0, 0.05) is 6.21 Å². The van der Waals surface area contributed by atoms with E-state index in [4.69, 9.17) is 5.41 Å². The average Bonchev–Trinajstić information content (AvgIpc) is 1.98. The molecule has 0 rings (SSSR count). The van der Waals surface area contributed by atoms with Crippen molar-refractivity contribution in [2.45, 2.75) is 26.7 Å². The van der Waals surface area contributed by atoms with Crippen molar-refractivity contribution in [1.82, 2.24) is 0 Å². The van der Waals surface area contributed by atoms with Crippen LogP contribution in [0.2, 0.25) is 0 Å². The molecule has 56 valence electrons. The third-order valence-electron chi connectivity index (χ3n) is 1.13. The summed E-state index contributed by atoms with van der Waals surface area (Å²) >= 11 is 0. The normalized spacial score (nSPS) is 10.2. The van der Waals surface area contributed by atoms with E-state index in [0.717, 1.165) is 6.42 Å². The first kappa shape index (κ1) is 9.08. The molecule has 0 aromatic carbocycles. The molecule has 0 saturated heterocycles. The number of hydrogen-bond acceptors (Lipinski definition) is 2. The van der Waals surface area contributed by atoms with Crippen LogP contribution in [-0.4, -0.2) is 11.9 Å². The highest BCUT2D eigenvalue weighted by Crippen LogP contribution is 1.97. The SMILES string of the molecule is C=C(/N=C\CC)C(=N)CC. The van der Waals surface area contributed by atoms with E-state index in [2.05, 4.69) is 11.6 Å². The number of rotatable bonds is 4. The van der Waals surface area contributed by atoms with Gasteiger partial charge in [0.1, 0.15) is 0 Å². The number of hydrogen-bond donors (Lipinski definition) is 1. The van der Waals surface area contributed by atoms with Gasteiger partial charge in [-0.25, -0.2) is 0 Å². The zero-order valence-electron chi connectivity index (χ0n) is 6.65. The minimum atomic E-state index is 0.518. The summed E-state index contributed by atoms with van der Waals surface area (Å²) in [4.78, 5) is 3.97. The fraction of sp³-hybridized carbons (Fsp3) is 0.500. The Kier molecular flexibility index (Phi) is 4.46. The molecule has 0 spiro atoms. The van der Waals surface area contributed by atoms with Crippen molar-refractivity contribution in [3.63, 3.8) is 0 Å². The van der Waals surface area contributed by atoms with E-state index >= 15 is 0 Å². The summed E-state index contributed by atoms with van der Waals surface area (Å²) in [5.74, 6) is 0. The van der Waals surface area contributed by atoms with Gasteiger partial charge in [-0.2, -0.15) is 0 Å². The predicted octanol–water partition coefficient (Wildman–Crippen LogP) is 2.41. The number of aliphatic imine (C=N–C) groups is 1. The van der Waals surface area contributed by atoms with Crippen LogP contribution in [0.15, 0.2) is 17.3 Å². The second kappa shape index (κ2) is 4.91. The molecular formula is C8H14N2.